The summed E-state index contributed by atoms with van der Waals surface area (Å²) in [6.45, 7) is 6.59. The minimum Gasteiger partial charge on any atom is -0.462 e. The highest BCUT2D eigenvalue weighted by molar-refractivity contribution is 5.71. The van der Waals surface area contributed by atoms with Crippen molar-refractivity contribution in [3.05, 3.63) is 0 Å². The largest absolute Gasteiger partial charge is 0.462 e. The van der Waals surface area contributed by atoms with Crippen LogP contribution in [0.1, 0.15) is 239 Å². The van der Waals surface area contributed by atoms with Crippen molar-refractivity contribution in [2.45, 2.75) is 245 Å². The second kappa shape index (κ2) is 39.2. The fourth-order valence-electron chi connectivity index (χ4n) is 6.32. The predicted octanol–water partition coefficient (Wildman–Crippen LogP) is 13.3. The molecular weight excluding hydrogens is 612 g/mol. The molecule has 0 fully saturated rings. The van der Waals surface area contributed by atoms with Gasteiger partial charge in [0, 0.05) is 19.3 Å². The topological polar surface area (TPSA) is 78.9 Å². The molecule has 0 aromatic carbocycles. The van der Waals surface area contributed by atoms with E-state index in [9.17, 15) is 14.4 Å². The summed E-state index contributed by atoms with van der Waals surface area (Å²) >= 11 is 0. The van der Waals surface area contributed by atoms with Gasteiger partial charge in [-0.25, -0.2) is 0 Å². The minimum atomic E-state index is -0.756. The molecule has 0 spiro atoms. The average molecular weight is 695 g/mol. The molecule has 0 rings (SSSR count). The van der Waals surface area contributed by atoms with Crippen LogP contribution in [0.15, 0.2) is 0 Å². The summed E-state index contributed by atoms with van der Waals surface area (Å²) < 4.78 is 16.6. The molecule has 0 amide bonds. The summed E-state index contributed by atoms with van der Waals surface area (Å²) in [5.74, 6) is -0.863. The first-order valence-electron chi connectivity index (χ1n) is 21.5. The fraction of sp³-hybridized carbons (Fsp3) is 0.930. The van der Waals surface area contributed by atoms with Crippen molar-refractivity contribution in [2.75, 3.05) is 13.2 Å². The molecule has 6 heteroatoms. The Morgan fingerprint density at radius 1 is 0.327 bits per heavy atom. The van der Waals surface area contributed by atoms with Crippen LogP contribution in [0.25, 0.3) is 0 Å². The van der Waals surface area contributed by atoms with Gasteiger partial charge in [-0.3, -0.25) is 14.4 Å². The van der Waals surface area contributed by atoms with E-state index in [-0.39, 0.29) is 31.1 Å². The standard InChI is InChI=1S/C43H82O6/c1-4-7-10-13-16-18-20-21-22-23-25-28-31-34-37-43(46)49-40(38-47-41(44)35-32-29-26-15-12-9-6-3)39-48-42(45)36-33-30-27-24-19-17-14-11-8-5-2/h40H,4-39H2,1-3H3/t40-/m1/s1. The fourth-order valence-corrected chi connectivity index (χ4v) is 6.32. The zero-order valence-corrected chi connectivity index (χ0v) is 33.0. The molecule has 0 bridgehead atoms. The Labute approximate surface area is 304 Å². The smallest absolute Gasteiger partial charge is 0.306 e. The van der Waals surface area contributed by atoms with Crippen molar-refractivity contribution < 1.29 is 28.6 Å². The molecule has 0 N–H and O–H groups in total. The monoisotopic (exact) mass is 695 g/mol. The quantitative estimate of drug-likeness (QED) is 0.0362. The van der Waals surface area contributed by atoms with Crippen LogP contribution in [0.2, 0.25) is 0 Å². The van der Waals surface area contributed by atoms with E-state index in [0.717, 1.165) is 57.8 Å². The molecule has 0 saturated heterocycles. The first-order chi connectivity index (χ1) is 24.0. The van der Waals surface area contributed by atoms with Crippen molar-refractivity contribution in [3.8, 4) is 0 Å². The summed E-state index contributed by atoms with van der Waals surface area (Å²) in [4.78, 5) is 37.4. The normalized spacial score (nSPS) is 11.8. The van der Waals surface area contributed by atoms with Crippen LogP contribution in [0.4, 0.5) is 0 Å². The molecule has 49 heavy (non-hydrogen) atoms. The van der Waals surface area contributed by atoms with Crippen LogP contribution < -0.4 is 0 Å². The second-order valence-electron chi connectivity index (χ2n) is 14.6. The zero-order chi connectivity index (χ0) is 35.9. The van der Waals surface area contributed by atoms with Gasteiger partial charge in [-0.2, -0.15) is 0 Å². The van der Waals surface area contributed by atoms with Gasteiger partial charge in [-0.15, -0.1) is 0 Å². The van der Waals surface area contributed by atoms with Crippen LogP contribution in [0, 0.1) is 0 Å². The predicted molar refractivity (Wildman–Crippen MR) is 206 cm³/mol. The molecular formula is C43H82O6. The van der Waals surface area contributed by atoms with Gasteiger partial charge in [0.1, 0.15) is 13.2 Å². The van der Waals surface area contributed by atoms with Crippen LogP contribution in [0.5, 0.6) is 0 Å². The van der Waals surface area contributed by atoms with E-state index < -0.39 is 6.10 Å². The maximum absolute atomic E-state index is 12.6. The lowest BCUT2D eigenvalue weighted by molar-refractivity contribution is -0.167. The zero-order valence-electron chi connectivity index (χ0n) is 33.0. The first-order valence-corrected chi connectivity index (χ1v) is 21.5. The highest BCUT2D eigenvalue weighted by atomic mass is 16.6. The van der Waals surface area contributed by atoms with Gasteiger partial charge in [0.05, 0.1) is 0 Å². The van der Waals surface area contributed by atoms with E-state index in [1.165, 1.54) is 141 Å². The maximum atomic E-state index is 12.6. The van der Waals surface area contributed by atoms with Crippen molar-refractivity contribution in [1.82, 2.24) is 0 Å². The Kier molecular flexibility index (Phi) is 37.9. The average Bonchev–Trinajstić information content (AvgIpc) is 3.10. The van der Waals surface area contributed by atoms with Crippen LogP contribution in [-0.4, -0.2) is 37.2 Å². The number of carbonyl (C=O) groups excluding carboxylic acids is 3. The summed E-state index contributed by atoms with van der Waals surface area (Å²) in [5.41, 5.74) is 0. The molecule has 1 atom stereocenters. The molecule has 0 heterocycles. The summed E-state index contributed by atoms with van der Waals surface area (Å²) in [7, 11) is 0. The number of esters is 3. The maximum Gasteiger partial charge on any atom is 0.306 e. The number of rotatable bonds is 39. The minimum absolute atomic E-state index is 0.0637. The van der Waals surface area contributed by atoms with E-state index in [1.54, 1.807) is 0 Å². The van der Waals surface area contributed by atoms with Crippen molar-refractivity contribution >= 4 is 17.9 Å². The Balaban J connectivity index is 4.27. The molecule has 0 aliphatic carbocycles. The van der Waals surface area contributed by atoms with E-state index in [0.29, 0.717) is 19.3 Å². The van der Waals surface area contributed by atoms with Gasteiger partial charge in [-0.1, -0.05) is 201 Å². The molecule has 290 valence electrons. The molecule has 0 saturated carbocycles. The Hall–Kier alpha value is -1.59. The van der Waals surface area contributed by atoms with E-state index in [1.807, 2.05) is 0 Å². The number of ether oxygens (including phenoxy) is 3. The van der Waals surface area contributed by atoms with Gasteiger partial charge in [0.15, 0.2) is 6.10 Å². The third-order valence-corrected chi connectivity index (χ3v) is 9.61. The van der Waals surface area contributed by atoms with Crippen molar-refractivity contribution in [3.63, 3.8) is 0 Å². The molecule has 0 aliphatic rings. The summed E-state index contributed by atoms with van der Waals surface area (Å²) in [5, 5.41) is 0. The lowest BCUT2D eigenvalue weighted by atomic mass is 10.0. The molecule has 0 aromatic rings. The molecule has 0 unspecified atom stereocenters. The highest BCUT2D eigenvalue weighted by Gasteiger charge is 2.19. The Morgan fingerprint density at radius 2 is 0.551 bits per heavy atom. The van der Waals surface area contributed by atoms with Gasteiger partial charge in [-0.05, 0) is 19.3 Å². The van der Waals surface area contributed by atoms with Crippen LogP contribution >= 0.6 is 0 Å². The van der Waals surface area contributed by atoms with Gasteiger partial charge in [0.2, 0.25) is 0 Å². The Morgan fingerprint density at radius 3 is 0.816 bits per heavy atom. The lowest BCUT2D eigenvalue weighted by Crippen LogP contribution is -2.30. The summed E-state index contributed by atoms with van der Waals surface area (Å²) in [6, 6.07) is 0. The Bertz CT molecular complexity index is 723. The number of hydrogen-bond acceptors (Lipinski definition) is 6. The third-order valence-electron chi connectivity index (χ3n) is 9.61. The van der Waals surface area contributed by atoms with Crippen molar-refractivity contribution in [2.24, 2.45) is 0 Å². The van der Waals surface area contributed by atoms with Crippen LogP contribution in [0.3, 0.4) is 0 Å². The molecule has 6 nitrogen and oxygen atoms in total. The molecule has 0 aliphatic heterocycles. The van der Waals surface area contributed by atoms with Crippen LogP contribution in [-0.2, 0) is 28.6 Å². The number of unbranched alkanes of at least 4 members (excludes halogenated alkanes) is 28. The van der Waals surface area contributed by atoms with E-state index >= 15 is 0 Å². The third kappa shape index (κ3) is 37.5. The second-order valence-corrected chi connectivity index (χ2v) is 14.6. The number of carbonyl (C=O) groups is 3. The van der Waals surface area contributed by atoms with Gasteiger partial charge < -0.3 is 14.2 Å². The van der Waals surface area contributed by atoms with E-state index in [4.69, 9.17) is 14.2 Å². The highest BCUT2D eigenvalue weighted by Crippen LogP contribution is 2.15. The van der Waals surface area contributed by atoms with Gasteiger partial charge >= 0.3 is 17.9 Å². The lowest BCUT2D eigenvalue weighted by Gasteiger charge is -2.18. The SMILES string of the molecule is CCCCCCCCCCCCCCCCC(=O)O[C@H](COC(=O)CCCCCCCCC)COC(=O)CCCCCCCCCCCC. The molecule has 0 aromatic heterocycles. The molecule has 0 radical (unpaired) electrons. The first kappa shape index (κ1) is 47.4. The number of hydrogen-bond donors (Lipinski definition) is 0. The van der Waals surface area contributed by atoms with Gasteiger partial charge in [0.25, 0.3) is 0 Å². The van der Waals surface area contributed by atoms with E-state index in [2.05, 4.69) is 20.8 Å². The summed E-state index contributed by atoms with van der Waals surface area (Å²) in [6.07, 6.45) is 38.1. The van der Waals surface area contributed by atoms with Crippen molar-refractivity contribution in [1.29, 1.82) is 0 Å².